The number of carbonyl (C=O) groups is 1. The Morgan fingerprint density at radius 3 is 2.46 bits per heavy atom. The SMILES string of the molecule is CC(C)(C)CNC(=O)c1ncc(C#Cc2ccccc2)cc1C#N. The summed E-state index contributed by atoms with van der Waals surface area (Å²) >= 11 is 0. The summed E-state index contributed by atoms with van der Waals surface area (Å²) < 4.78 is 0. The van der Waals surface area contributed by atoms with E-state index in [1.54, 1.807) is 6.07 Å². The normalized spacial score (nSPS) is 10.2. The van der Waals surface area contributed by atoms with E-state index in [9.17, 15) is 10.1 Å². The van der Waals surface area contributed by atoms with Crippen LogP contribution < -0.4 is 5.32 Å². The van der Waals surface area contributed by atoms with E-state index in [2.05, 4.69) is 22.1 Å². The van der Waals surface area contributed by atoms with E-state index in [4.69, 9.17) is 0 Å². The first-order valence-corrected chi connectivity index (χ1v) is 7.64. The molecular weight excluding hydrogens is 298 g/mol. The second-order valence-corrected chi connectivity index (χ2v) is 6.59. The number of nitriles is 1. The average molecular weight is 317 g/mol. The molecule has 24 heavy (non-hydrogen) atoms. The van der Waals surface area contributed by atoms with Crippen molar-refractivity contribution in [3.63, 3.8) is 0 Å². The molecule has 0 aliphatic heterocycles. The van der Waals surface area contributed by atoms with Crippen molar-refractivity contribution < 1.29 is 4.79 Å². The third-order valence-electron chi connectivity index (χ3n) is 3.13. The number of hydrogen-bond acceptors (Lipinski definition) is 3. The Labute approximate surface area is 142 Å². The summed E-state index contributed by atoms with van der Waals surface area (Å²) in [5, 5.41) is 12.1. The molecule has 0 atom stereocenters. The van der Waals surface area contributed by atoms with Gasteiger partial charge in [-0.1, -0.05) is 50.8 Å². The predicted molar refractivity (Wildman–Crippen MR) is 93.2 cm³/mol. The molecule has 120 valence electrons. The zero-order valence-electron chi connectivity index (χ0n) is 14.1. The Morgan fingerprint density at radius 2 is 1.83 bits per heavy atom. The van der Waals surface area contributed by atoms with Gasteiger partial charge in [-0.3, -0.25) is 4.79 Å². The summed E-state index contributed by atoms with van der Waals surface area (Å²) in [4.78, 5) is 16.3. The molecule has 0 spiro atoms. The minimum atomic E-state index is -0.343. The van der Waals surface area contributed by atoms with Crippen LogP contribution in [0.25, 0.3) is 0 Å². The van der Waals surface area contributed by atoms with Crippen molar-refractivity contribution >= 4 is 5.91 Å². The van der Waals surface area contributed by atoms with Gasteiger partial charge in [-0.2, -0.15) is 5.26 Å². The number of rotatable bonds is 2. The van der Waals surface area contributed by atoms with Gasteiger partial charge in [0.15, 0.2) is 0 Å². The molecule has 2 rings (SSSR count). The number of aromatic nitrogens is 1. The van der Waals surface area contributed by atoms with Crippen LogP contribution >= 0.6 is 0 Å². The highest BCUT2D eigenvalue weighted by Gasteiger charge is 2.17. The van der Waals surface area contributed by atoms with E-state index in [0.717, 1.165) is 5.56 Å². The summed E-state index contributed by atoms with van der Waals surface area (Å²) in [7, 11) is 0. The molecular formula is C20H19N3O. The third kappa shape index (κ3) is 4.97. The molecule has 0 saturated carbocycles. The van der Waals surface area contributed by atoms with Crippen LogP contribution in [0.5, 0.6) is 0 Å². The van der Waals surface area contributed by atoms with Crippen LogP contribution in [-0.4, -0.2) is 17.4 Å². The van der Waals surface area contributed by atoms with Gasteiger partial charge in [-0.05, 0) is 23.6 Å². The minimum absolute atomic E-state index is 0.0381. The van der Waals surface area contributed by atoms with Gasteiger partial charge < -0.3 is 5.32 Å². The second-order valence-electron chi connectivity index (χ2n) is 6.59. The lowest BCUT2D eigenvalue weighted by atomic mass is 9.97. The van der Waals surface area contributed by atoms with Crippen molar-refractivity contribution in [2.45, 2.75) is 20.8 Å². The van der Waals surface area contributed by atoms with Crippen molar-refractivity contribution in [3.05, 3.63) is 65.0 Å². The Morgan fingerprint density at radius 1 is 1.17 bits per heavy atom. The second kappa shape index (κ2) is 7.44. The van der Waals surface area contributed by atoms with Crippen molar-refractivity contribution in [3.8, 4) is 17.9 Å². The smallest absolute Gasteiger partial charge is 0.271 e. The Balaban J connectivity index is 2.21. The lowest BCUT2D eigenvalue weighted by molar-refractivity contribution is 0.0934. The fraction of sp³-hybridized carbons (Fsp3) is 0.250. The number of benzene rings is 1. The first kappa shape index (κ1) is 17.2. The highest BCUT2D eigenvalue weighted by Crippen LogP contribution is 2.12. The molecule has 4 nitrogen and oxygen atoms in total. The number of hydrogen-bond donors (Lipinski definition) is 1. The molecule has 1 heterocycles. The Kier molecular flexibility index (Phi) is 5.35. The molecule has 1 N–H and O–H groups in total. The van der Waals surface area contributed by atoms with Gasteiger partial charge in [-0.25, -0.2) is 4.98 Å². The van der Waals surface area contributed by atoms with Gasteiger partial charge >= 0.3 is 0 Å². The molecule has 0 fully saturated rings. The molecule has 0 radical (unpaired) electrons. The maximum atomic E-state index is 12.2. The zero-order chi connectivity index (χ0) is 17.6. The highest BCUT2D eigenvalue weighted by atomic mass is 16.1. The summed E-state index contributed by atoms with van der Waals surface area (Å²) in [5.74, 6) is 5.63. The zero-order valence-corrected chi connectivity index (χ0v) is 14.1. The van der Waals surface area contributed by atoms with Gasteiger partial charge in [-0.15, -0.1) is 0 Å². The number of nitrogens with one attached hydrogen (secondary N) is 1. The first-order valence-electron chi connectivity index (χ1n) is 7.64. The van der Waals surface area contributed by atoms with Crippen molar-refractivity contribution in [2.75, 3.05) is 6.54 Å². The molecule has 1 amide bonds. The number of pyridine rings is 1. The predicted octanol–water partition coefficient (Wildman–Crippen LogP) is 3.13. The topological polar surface area (TPSA) is 65.8 Å². The molecule has 0 aliphatic carbocycles. The fourth-order valence-electron chi connectivity index (χ4n) is 1.89. The molecule has 0 unspecified atom stereocenters. The molecule has 1 aromatic heterocycles. The number of carbonyl (C=O) groups excluding carboxylic acids is 1. The van der Waals surface area contributed by atoms with Crippen LogP contribution in [0.1, 0.15) is 48.0 Å². The summed E-state index contributed by atoms with van der Waals surface area (Å²) in [6, 6.07) is 13.2. The Hall–Kier alpha value is -3.11. The van der Waals surface area contributed by atoms with Crippen molar-refractivity contribution in [1.82, 2.24) is 10.3 Å². The van der Waals surface area contributed by atoms with Crippen LogP contribution in [-0.2, 0) is 0 Å². The van der Waals surface area contributed by atoms with E-state index in [-0.39, 0.29) is 22.6 Å². The molecule has 1 aromatic carbocycles. The quantitative estimate of drug-likeness (QED) is 0.865. The van der Waals surface area contributed by atoms with Crippen LogP contribution in [0.4, 0.5) is 0 Å². The summed E-state index contributed by atoms with van der Waals surface area (Å²) in [6.45, 7) is 6.57. The van der Waals surface area contributed by atoms with Gasteiger partial charge in [0.05, 0.1) is 5.56 Å². The van der Waals surface area contributed by atoms with Gasteiger partial charge in [0, 0.05) is 23.9 Å². The first-order chi connectivity index (χ1) is 11.4. The summed E-state index contributed by atoms with van der Waals surface area (Å²) in [6.07, 6.45) is 1.52. The van der Waals surface area contributed by atoms with E-state index >= 15 is 0 Å². The van der Waals surface area contributed by atoms with Gasteiger partial charge in [0.25, 0.3) is 5.91 Å². The van der Waals surface area contributed by atoms with Crippen molar-refractivity contribution in [1.29, 1.82) is 5.26 Å². The van der Waals surface area contributed by atoms with Crippen molar-refractivity contribution in [2.24, 2.45) is 5.41 Å². The monoisotopic (exact) mass is 317 g/mol. The maximum absolute atomic E-state index is 12.2. The highest BCUT2D eigenvalue weighted by molar-refractivity contribution is 5.94. The van der Waals surface area contributed by atoms with Gasteiger partial charge in [0.2, 0.25) is 0 Å². The summed E-state index contributed by atoms with van der Waals surface area (Å²) in [5.41, 5.74) is 1.79. The molecule has 0 aliphatic rings. The van der Waals surface area contributed by atoms with Crippen LogP contribution in [0.15, 0.2) is 42.6 Å². The van der Waals surface area contributed by atoms with Crippen LogP contribution in [0.2, 0.25) is 0 Å². The van der Waals surface area contributed by atoms with E-state index in [1.807, 2.05) is 57.2 Å². The minimum Gasteiger partial charge on any atom is -0.350 e. The molecule has 2 aromatic rings. The van der Waals surface area contributed by atoms with E-state index < -0.39 is 0 Å². The fourth-order valence-corrected chi connectivity index (χ4v) is 1.89. The largest absolute Gasteiger partial charge is 0.350 e. The average Bonchev–Trinajstić information content (AvgIpc) is 2.58. The number of nitrogens with zero attached hydrogens (tertiary/aromatic N) is 2. The number of amides is 1. The molecule has 0 bridgehead atoms. The van der Waals surface area contributed by atoms with Crippen LogP contribution in [0.3, 0.4) is 0 Å². The van der Waals surface area contributed by atoms with E-state index in [1.165, 1.54) is 6.20 Å². The lowest BCUT2D eigenvalue weighted by Gasteiger charge is -2.18. The maximum Gasteiger partial charge on any atom is 0.271 e. The Bertz CT molecular complexity index is 831. The third-order valence-corrected chi connectivity index (χ3v) is 3.13. The molecule has 0 saturated heterocycles. The van der Waals surface area contributed by atoms with Crippen LogP contribution in [0, 0.1) is 28.6 Å². The van der Waals surface area contributed by atoms with E-state index in [0.29, 0.717) is 12.1 Å². The van der Waals surface area contributed by atoms with Gasteiger partial charge in [0.1, 0.15) is 11.8 Å². The molecule has 4 heteroatoms. The lowest BCUT2D eigenvalue weighted by Crippen LogP contribution is -2.33. The standard InChI is InChI=1S/C20H19N3O/c1-20(2,3)14-23-19(24)18-17(12-21)11-16(13-22-18)10-9-15-7-5-4-6-8-15/h4-8,11,13H,14H2,1-3H3,(H,23,24).